The van der Waals surface area contributed by atoms with Gasteiger partial charge in [-0.1, -0.05) is 182 Å². The van der Waals surface area contributed by atoms with Gasteiger partial charge in [-0.2, -0.15) is 0 Å². The predicted octanol–water partition coefficient (Wildman–Crippen LogP) is 17.4. The Morgan fingerprint density at radius 1 is 0.238 bits per heavy atom. The van der Waals surface area contributed by atoms with Crippen molar-refractivity contribution in [2.24, 2.45) is 0 Å². The molecule has 0 aliphatic rings. The average molecular weight is 804 g/mol. The lowest BCUT2D eigenvalue weighted by Gasteiger charge is -2.26. The number of rotatable bonds is 6. The van der Waals surface area contributed by atoms with Crippen molar-refractivity contribution in [3.05, 3.63) is 224 Å². The Morgan fingerprint density at radius 2 is 0.651 bits per heavy atom. The zero-order valence-corrected chi connectivity index (χ0v) is 34.1. The van der Waals surface area contributed by atoms with Crippen LogP contribution in [0.5, 0.6) is 0 Å². The van der Waals surface area contributed by atoms with Gasteiger partial charge < -0.3 is 13.7 Å². The lowest BCUT2D eigenvalue weighted by Crippen LogP contribution is -2.10. The van der Waals surface area contributed by atoms with Gasteiger partial charge in [0.05, 0.1) is 0 Å². The van der Waals surface area contributed by atoms with Gasteiger partial charge in [0.2, 0.25) is 0 Å². The number of fused-ring (bicyclic) bond motifs is 12. The van der Waals surface area contributed by atoms with Crippen LogP contribution in [0.1, 0.15) is 0 Å². The first-order chi connectivity index (χ1) is 31.2. The van der Waals surface area contributed by atoms with Gasteiger partial charge in [0.1, 0.15) is 22.3 Å². The Hall–Kier alpha value is -8.40. The van der Waals surface area contributed by atoms with E-state index in [0.717, 1.165) is 83.2 Å². The molecule has 2 aromatic heterocycles. The summed E-state index contributed by atoms with van der Waals surface area (Å²) in [5, 5.41) is 11.9. The summed E-state index contributed by atoms with van der Waals surface area (Å²) in [5.74, 6) is 0. The minimum atomic E-state index is 0.853. The van der Waals surface area contributed by atoms with Crippen molar-refractivity contribution in [1.29, 1.82) is 0 Å². The highest BCUT2D eigenvalue weighted by Crippen LogP contribution is 2.45. The monoisotopic (exact) mass is 803 g/mol. The minimum absolute atomic E-state index is 0.853. The maximum atomic E-state index is 6.97. The highest BCUT2D eigenvalue weighted by Gasteiger charge is 2.20. The van der Waals surface area contributed by atoms with Gasteiger partial charge in [0.15, 0.2) is 0 Å². The molecule has 0 aliphatic carbocycles. The Balaban J connectivity index is 0.947. The number of hydrogen-bond acceptors (Lipinski definition) is 3. The van der Waals surface area contributed by atoms with E-state index in [4.69, 9.17) is 8.83 Å². The van der Waals surface area contributed by atoms with Crippen molar-refractivity contribution in [3.63, 3.8) is 0 Å². The third-order valence-corrected chi connectivity index (χ3v) is 12.9. The maximum Gasteiger partial charge on any atom is 0.143 e. The molecule has 13 rings (SSSR count). The van der Waals surface area contributed by atoms with Crippen LogP contribution >= 0.6 is 0 Å². The first kappa shape index (κ1) is 35.4. The zero-order chi connectivity index (χ0) is 41.4. The molecule has 0 amide bonds. The van der Waals surface area contributed by atoms with Crippen LogP contribution in [-0.4, -0.2) is 0 Å². The van der Waals surface area contributed by atoms with E-state index < -0.39 is 0 Å². The van der Waals surface area contributed by atoms with Crippen molar-refractivity contribution in [3.8, 4) is 33.4 Å². The second kappa shape index (κ2) is 14.1. The molecule has 0 aliphatic heterocycles. The van der Waals surface area contributed by atoms with Crippen molar-refractivity contribution in [2.45, 2.75) is 0 Å². The van der Waals surface area contributed by atoms with Crippen LogP contribution in [0.3, 0.4) is 0 Å². The molecule has 0 bridgehead atoms. The fourth-order valence-corrected chi connectivity index (χ4v) is 9.92. The van der Waals surface area contributed by atoms with Crippen molar-refractivity contribution >= 4 is 93.3 Å². The molecule has 63 heavy (non-hydrogen) atoms. The van der Waals surface area contributed by atoms with Gasteiger partial charge >= 0.3 is 0 Å². The van der Waals surface area contributed by atoms with Crippen LogP contribution in [0.25, 0.3) is 110 Å². The smallest absolute Gasteiger partial charge is 0.143 e. The summed E-state index contributed by atoms with van der Waals surface area (Å²) in [7, 11) is 0. The van der Waals surface area contributed by atoms with Gasteiger partial charge in [-0.25, -0.2) is 0 Å². The largest absolute Gasteiger partial charge is 0.455 e. The summed E-state index contributed by atoms with van der Waals surface area (Å²) >= 11 is 0. The van der Waals surface area contributed by atoms with E-state index in [2.05, 4.69) is 217 Å². The molecule has 13 aromatic rings. The first-order valence-corrected chi connectivity index (χ1v) is 21.5. The van der Waals surface area contributed by atoms with Crippen LogP contribution in [0, 0.1) is 0 Å². The molecule has 0 unspecified atom stereocenters. The normalized spacial score (nSPS) is 11.8. The molecule has 3 nitrogen and oxygen atoms in total. The van der Waals surface area contributed by atoms with Crippen LogP contribution in [0.2, 0.25) is 0 Å². The Labute approximate surface area is 363 Å². The van der Waals surface area contributed by atoms with E-state index in [9.17, 15) is 0 Å². The third-order valence-electron chi connectivity index (χ3n) is 12.9. The molecule has 0 spiro atoms. The van der Waals surface area contributed by atoms with E-state index >= 15 is 0 Å². The number of furan rings is 2. The minimum Gasteiger partial charge on any atom is -0.455 e. The quantitative estimate of drug-likeness (QED) is 0.157. The van der Waals surface area contributed by atoms with Gasteiger partial charge in [-0.3, -0.25) is 0 Å². The molecule has 0 saturated carbocycles. The molecule has 2 heterocycles. The topological polar surface area (TPSA) is 29.5 Å². The number of benzene rings is 11. The zero-order valence-electron chi connectivity index (χ0n) is 34.1. The predicted molar refractivity (Wildman–Crippen MR) is 265 cm³/mol. The molecule has 0 N–H and O–H groups in total. The molecular formula is C60H37NO2. The van der Waals surface area contributed by atoms with Gasteiger partial charge in [-0.15, -0.1) is 0 Å². The van der Waals surface area contributed by atoms with Crippen molar-refractivity contribution in [2.75, 3.05) is 4.90 Å². The summed E-state index contributed by atoms with van der Waals surface area (Å²) in [5.41, 5.74) is 13.3. The molecule has 0 radical (unpaired) electrons. The lowest BCUT2D eigenvalue weighted by molar-refractivity contribution is 0.665. The van der Waals surface area contributed by atoms with E-state index in [0.29, 0.717) is 0 Å². The maximum absolute atomic E-state index is 6.97. The average Bonchev–Trinajstić information content (AvgIpc) is 3.94. The van der Waals surface area contributed by atoms with Crippen LogP contribution in [0.15, 0.2) is 233 Å². The van der Waals surface area contributed by atoms with E-state index in [1.54, 1.807) is 0 Å². The molecule has 294 valence electrons. The summed E-state index contributed by atoms with van der Waals surface area (Å²) in [4.78, 5) is 2.37. The summed E-state index contributed by atoms with van der Waals surface area (Å²) in [6.07, 6.45) is 0. The van der Waals surface area contributed by atoms with Crippen LogP contribution in [-0.2, 0) is 0 Å². The molecule has 0 saturated heterocycles. The standard InChI is InChI=1S/C60H37NO2/c1-2-13-38(14-3-1)39-27-31-41(32-28-39)61(43-35-36-49-47-17-5-4-15-45(47)46-16-6-7-18-48(46)56(49)37-43)42-33-29-40(30-34-42)44-20-10-22-52-54-24-12-25-55(60(54)63-58(44)52)53-23-11-21-51-50-19-8-9-26-57(50)62-59(51)53/h1-37H. The number of para-hydroxylation sites is 4. The van der Waals surface area contributed by atoms with Gasteiger partial charge in [0.25, 0.3) is 0 Å². The highest BCUT2D eigenvalue weighted by atomic mass is 16.3. The fraction of sp³-hybridized carbons (Fsp3) is 0. The molecular weight excluding hydrogens is 767 g/mol. The van der Waals surface area contributed by atoms with E-state index in [1.807, 2.05) is 12.1 Å². The molecule has 0 atom stereocenters. The Morgan fingerprint density at radius 3 is 1.27 bits per heavy atom. The summed E-state index contributed by atoms with van der Waals surface area (Å²) < 4.78 is 13.5. The Bertz CT molecular complexity index is 3860. The van der Waals surface area contributed by atoms with Crippen molar-refractivity contribution < 1.29 is 8.83 Å². The van der Waals surface area contributed by atoms with Crippen molar-refractivity contribution in [1.82, 2.24) is 0 Å². The fourth-order valence-electron chi connectivity index (χ4n) is 9.92. The second-order valence-electron chi connectivity index (χ2n) is 16.4. The Kier molecular flexibility index (Phi) is 7.91. The SMILES string of the molecule is c1ccc(-c2ccc(N(c3ccc(-c4cccc5c4oc4c(-c6cccc7c6oc6ccccc67)cccc45)cc3)c3ccc4c5ccccc5c5ccccc5c4c3)cc2)cc1. The number of hydrogen-bond donors (Lipinski definition) is 0. The van der Waals surface area contributed by atoms with Crippen LogP contribution < -0.4 is 4.90 Å². The van der Waals surface area contributed by atoms with Gasteiger partial charge in [-0.05, 0) is 91.5 Å². The third kappa shape index (κ3) is 5.60. The molecule has 11 aromatic carbocycles. The summed E-state index contributed by atoms with van der Waals surface area (Å²) in [6, 6.07) is 80.3. The number of nitrogens with zero attached hydrogens (tertiary/aromatic N) is 1. The summed E-state index contributed by atoms with van der Waals surface area (Å²) in [6.45, 7) is 0. The lowest BCUT2D eigenvalue weighted by atomic mass is 9.94. The molecule has 0 fully saturated rings. The molecule has 3 heteroatoms. The first-order valence-electron chi connectivity index (χ1n) is 21.5. The van der Waals surface area contributed by atoms with E-state index in [-0.39, 0.29) is 0 Å². The second-order valence-corrected chi connectivity index (χ2v) is 16.4. The van der Waals surface area contributed by atoms with Crippen LogP contribution in [0.4, 0.5) is 17.1 Å². The number of anilines is 3. The highest BCUT2D eigenvalue weighted by molar-refractivity contribution is 6.26. The van der Waals surface area contributed by atoms with Gasteiger partial charge in [0, 0.05) is 55.3 Å². The van der Waals surface area contributed by atoms with E-state index in [1.165, 1.54) is 43.4 Å².